The van der Waals surface area contributed by atoms with Gasteiger partial charge in [-0.05, 0) is 31.0 Å². The fourth-order valence-corrected chi connectivity index (χ4v) is 1.72. The molecule has 1 aromatic carbocycles. The Balaban J connectivity index is 2.60. The molecule has 0 bridgehead atoms. The van der Waals surface area contributed by atoms with Crippen LogP contribution < -0.4 is 11.1 Å². The van der Waals surface area contributed by atoms with E-state index in [0.29, 0.717) is 31.0 Å². The summed E-state index contributed by atoms with van der Waals surface area (Å²) in [6.07, 6.45) is 2.66. The van der Waals surface area contributed by atoms with E-state index in [2.05, 4.69) is 11.9 Å². The van der Waals surface area contributed by atoms with Crippen LogP contribution in [0, 0.1) is 6.92 Å². The van der Waals surface area contributed by atoms with Crippen LogP contribution in [0.3, 0.4) is 0 Å². The highest BCUT2D eigenvalue weighted by molar-refractivity contribution is 5.97. The number of hydrogen-bond donors (Lipinski definition) is 2. The number of ether oxygens (including phenoxy) is 2. The summed E-state index contributed by atoms with van der Waals surface area (Å²) >= 11 is 0. The predicted molar refractivity (Wildman–Crippen MR) is 81.1 cm³/mol. The molecule has 0 aliphatic heterocycles. The summed E-state index contributed by atoms with van der Waals surface area (Å²) < 4.78 is 10.1. The fourth-order valence-electron chi connectivity index (χ4n) is 1.72. The van der Waals surface area contributed by atoms with Crippen molar-refractivity contribution in [1.82, 2.24) is 0 Å². The van der Waals surface area contributed by atoms with Crippen LogP contribution in [0.2, 0.25) is 0 Å². The van der Waals surface area contributed by atoms with Gasteiger partial charge in [-0.3, -0.25) is 0 Å². The Morgan fingerprint density at radius 1 is 1.45 bits per heavy atom. The first-order valence-corrected chi connectivity index (χ1v) is 6.51. The number of aryl methyl sites for hydroxylation is 1. The summed E-state index contributed by atoms with van der Waals surface area (Å²) in [4.78, 5) is 11.6. The van der Waals surface area contributed by atoms with E-state index in [9.17, 15) is 4.79 Å². The lowest BCUT2D eigenvalue weighted by atomic mass is 10.1. The second kappa shape index (κ2) is 8.22. The summed E-state index contributed by atoms with van der Waals surface area (Å²) in [5, 5.41) is 3.19. The predicted octanol–water partition coefficient (Wildman–Crippen LogP) is 2.37. The average molecular weight is 278 g/mol. The topological polar surface area (TPSA) is 73.6 Å². The number of rotatable bonds is 8. The van der Waals surface area contributed by atoms with Crippen LogP contribution in [0.15, 0.2) is 24.8 Å². The molecule has 1 aromatic rings. The van der Waals surface area contributed by atoms with Gasteiger partial charge in [-0.25, -0.2) is 4.79 Å². The standard InChI is InChI=1S/C15H22N2O3/c1-4-5-7-20-8-6-17-12-9-11(2)14(16)13(10-12)15(18)19-3/h4,9-10,17H,1,5-8,16H2,2-3H3. The maximum atomic E-state index is 11.6. The summed E-state index contributed by atoms with van der Waals surface area (Å²) in [6.45, 7) is 7.39. The average Bonchev–Trinajstić information content (AvgIpc) is 2.45. The van der Waals surface area contributed by atoms with E-state index in [1.807, 2.05) is 19.1 Å². The Morgan fingerprint density at radius 2 is 2.20 bits per heavy atom. The molecule has 1 rings (SSSR count). The molecule has 0 radical (unpaired) electrons. The highest BCUT2D eigenvalue weighted by Crippen LogP contribution is 2.23. The molecule has 0 saturated heterocycles. The minimum absolute atomic E-state index is 0.377. The smallest absolute Gasteiger partial charge is 0.340 e. The number of benzene rings is 1. The van der Waals surface area contributed by atoms with Crippen molar-refractivity contribution in [2.75, 3.05) is 37.9 Å². The first-order chi connectivity index (χ1) is 9.60. The zero-order valence-corrected chi connectivity index (χ0v) is 12.1. The molecule has 0 saturated carbocycles. The van der Waals surface area contributed by atoms with E-state index in [4.69, 9.17) is 15.2 Å². The number of hydrogen-bond acceptors (Lipinski definition) is 5. The van der Waals surface area contributed by atoms with Gasteiger partial charge >= 0.3 is 5.97 Å². The maximum absolute atomic E-state index is 11.6. The molecular weight excluding hydrogens is 256 g/mol. The van der Waals surface area contributed by atoms with Crippen molar-refractivity contribution in [2.45, 2.75) is 13.3 Å². The van der Waals surface area contributed by atoms with Gasteiger partial charge < -0.3 is 20.5 Å². The number of anilines is 2. The zero-order chi connectivity index (χ0) is 15.0. The first-order valence-electron chi connectivity index (χ1n) is 6.51. The van der Waals surface area contributed by atoms with Crippen LogP contribution in [0.1, 0.15) is 22.3 Å². The molecule has 0 heterocycles. The SMILES string of the molecule is C=CCCOCCNc1cc(C)c(N)c(C(=O)OC)c1. The quantitative estimate of drug-likeness (QED) is 0.330. The third kappa shape index (κ3) is 4.59. The lowest BCUT2D eigenvalue weighted by Gasteiger charge is -2.12. The van der Waals surface area contributed by atoms with Crippen molar-refractivity contribution in [3.05, 3.63) is 35.9 Å². The van der Waals surface area contributed by atoms with Gasteiger partial charge in [-0.2, -0.15) is 0 Å². The van der Waals surface area contributed by atoms with E-state index in [0.717, 1.165) is 17.7 Å². The molecule has 0 atom stereocenters. The van der Waals surface area contributed by atoms with Gasteiger partial charge in [0, 0.05) is 17.9 Å². The highest BCUT2D eigenvalue weighted by atomic mass is 16.5. The molecule has 0 aliphatic rings. The van der Waals surface area contributed by atoms with Crippen LogP contribution in [0.5, 0.6) is 0 Å². The monoisotopic (exact) mass is 278 g/mol. The van der Waals surface area contributed by atoms with Gasteiger partial charge in [0.25, 0.3) is 0 Å². The summed E-state index contributed by atoms with van der Waals surface area (Å²) in [5.41, 5.74) is 8.36. The molecule has 3 N–H and O–H groups in total. The largest absolute Gasteiger partial charge is 0.465 e. The second-order valence-electron chi connectivity index (χ2n) is 4.36. The molecule has 0 spiro atoms. The van der Waals surface area contributed by atoms with Crippen molar-refractivity contribution in [2.24, 2.45) is 0 Å². The summed E-state index contributed by atoms with van der Waals surface area (Å²) in [7, 11) is 1.34. The van der Waals surface area contributed by atoms with Crippen LogP contribution in [0.4, 0.5) is 11.4 Å². The normalized spacial score (nSPS) is 10.1. The van der Waals surface area contributed by atoms with Crippen molar-refractivity contribution < 1.29 is 14.3 Å². The lowest BCUT2D eigenvalue weighted by Crippen LogP contribution is -2.12. The van der Waals surface area contributed by atoms with Crippen LogP contribution >= 0.6 is 0 Å². The number of nitrogens with two attached hydrogens (primary N) is 1. The second-order valence-corrected chi connectivity index (χ2v) is 4.36. The van der Waals surface area contributed by atoms with E-state index in [1.165, 1.54) is 7.11 Å². The number of carbonyl (C=O) groups excluding carboxylic acids is 1. The number of nitrogens with one attached hydrogen (secondary N) is 1. The first kappa shape index (κ1) is 16.0. The number of methoxy groups -OCH3 is 1. The van der Waals surface area contributed by atoms with Crippen molar-refractivity contribution in [3.63, 3.8) is 0 Å². The molecular formula is C15H22N2O3. The third-order valence-corrected chi connectivity index (χ3v) is 2.83. The summed E-state index contributed by atoms with van der Waals surface area (Å²) in [6, 6.07) is 3.59. The van der Waals surface area contributed by atoms with Crippen LogP contribution in [0.25, 0.3) is 0 Å². The van der Waals surface area contributed by atoms with E-state index < -0.39 is 5.97 Å². The van der Waals surface area contributed by atoms with E-state index in [-0.39, 0.29) is 0 Å². The molecule has 0 aliphatic carbocycles. The zero-order valence-electron chi connectivity index (χ0n) is 12.1. The Hall–Kier alpha value is -2.01. The van der Waals surface area contributed by atoms with Gasteiger partial charge in [0.1, 0.15) is 0 Å². The van der Waals surface area contributed by atoms with Crippen molar-refractivity contribution in [1.29, 1.82) is 0 Å². The molecule has 110 valence electrons. The molecule has 5 heteroatoms. The van der Waals surface area contributed by atoms with E-state index in [1.54, 1.807) is 6.07 Å². The van der Waals surface area contributed by atoms with Gasteiger partial charge in [-0.1, -0.05) is 6.08 Å². The fraction of sp³-hybridized carbons (Fsp3) is 0.400. The minimum Gasteiger partial charge on any atom is -0.465 e. The Kier molecular flexibility index (Phi) is 6.59. The number of nitrogen functional groups attached to an aromatic ring is 1. The van der Waals surface area contributed by atoms with E-state index >= 15 is 0 Å². The molecule has 0 unspecified atom stereocenters. The molecule has 0 fully saturated rings. The number of carbonyl (C=O) groups is 1. The third-order valence-electron chi connectivity index (χ3n) is 2.83. The van der Waals surface area contributed by atoms with Gasteiger partial charge in [0.05, 0.1) is 25.9 Å². The molecule has 5 nitrogen and oxygen atoms in total. The van der Waals surface area contributed by atoms with Crippen molar-refractivity contribution in [3.8, 4) is 0 Å². The Bertz CT molecular complexity index is 472. The molecule has 0 aromatic heterocycles. The highest BCUT2D eigenvalue weighted by Gasteiger charge is 2.13. The Labute approximate surface area is 119 Å². The van der Waals surface area contributed by atoms with Crippen LogP contribution in [-0.4, -0.2) is 32.8 Å². The van der Waals surface area contributed by atoms with Crippen LogP contribution in [-0.2, 0) is 9.47 Å². The molecule has 0 amide bonds. The van der Waals surface area contributed by atoms with Gasteiger partial charge in [0.2, 0.25) is 0 Å². The van der Waals surface area contributed by atoms with Gasteiger partial charge in [0.15, 0.2) is 0 Å². The van der Waals surface area contributed by atoms with Crippen molar-refractivity contribution >= 4 is 17.3 Å². The summed E-state index contributed by atoms with van der Waals surface area (Å²) in [5.74, 6) is -0.434. The lowest BCUT2D eigenvalue weighted by molar-refractivity contribution is 0.0602. The minimum atomic E-state index is -0.434. The Morgan fingerprint density at radius 3 is 2.85 bits per heavy atom. The maximum Gasteiger partial charge on any atom is 0.340 e. The van der Waals surface area contributed by atoms with Gasteiger partial charge in [-0.15, -0.1) is 6.58 Å². The number of esters is 1. The molecule has 20 heavy (non-hydrogen) atoms.